The van der Waals surface area contributed by atoms with Gasteiger partial charge >= 0.3 is 0 Å². The quantitative estimate of drug-likeness (QED) is 0.654. The summed E-state index contributed by atoms with van der Waals surface area (Å²) in [7, 11) is 3.95. The molecule has 0 heterocycles. The predicted octanol–water partition coefficient (Wildman–Crippen LogP) is 2.94. The summed E-state index contributed by atoms with van der Waals surface area (Å²) in [5.41, 5.74) is 4.40. The molecule has 0 aliphatic heterocycles. The van der Waals surface area contributed by atoms with Gasteiger partial charge in [-0.15, -0.1) is 0 Å². The lowest BCUT2D eigenvalue weighted by Crippen LogP contribution is -2.24. The number of carbonyl (C=O) groups is 1. The van der Waals surface area contributed by atoms with Crippen LogP contribution >= 0.6 is 11.6 Å². The molecule has 23 heavy (non-hydrogen) atoms. The van der Waals surface area contributed by atoms with Gasteiger partial charge in [-0.25, -0.2) is 5.43 Å². The molecule has 0 bridgehead atoms. The lowest BCUT2D eigenvalue weighted by Gasteiger charge is -2.11. The zero-order chi connectivity index (χ0) is 16.7. The molecule has 0 radical (unpaired) electrons. The largest absolute Gasteiger partial charge is 0.482 e. The molecule has 6 heteroatoms. The van der Waals surface area contributed by atoms with Crippen LogP contribution in [0.1, 0.15) is 5.56 Å². The molecule has 0 fully saturated rings. The Balaban J connectivity index is 1.80. The van der Waals surface area contributed by atoms with Crippen LogP contribution in [0.25, 0.3) is 0 Å². The first-order valence-corrected chi connectivity index (χ1v) is 7.40. The summed E-state index contributed by atoms with van der Waals surface area (Å²) in [5, 5.41) is 4.36. The molecule has 0 aromatic heterocycles. The molecule has 0 saturated heterocycles. The van der Waals surface area contributed by atoms with Gasteiger partial charge in [-0.1, -0.05) is 35.9 Å². The number of anilines is 1. The topological polar surface area (TPSA) is 53.9 Å². The van der Waals surface area contributed by atoms with Gasteiger partial charge in [-0.05, 0) is 29.8 Å². The van der Waals surface area contributed by atoms with Crippen LogP contribution in [0.4, 0.5) is 5.69 Å². The van der Waals surface area contributed by atoms with E-state index in [-0.39, 0.29) is 12.5 Å². The molecule has 0 aliphatic carbocycles. The second-order valence-electron chi connectivity index (χ2n) is 5.00. The summed E-state index contributed by atoms with van der Waals surface area (Å²) in [5.74, 6) is 0.110. The molecule has 0 aliphatic rings. The first kappa shape index (κ1) is 16.8. The molecule has 1 N–H and O–H groups in total. The van der Waals surface area contributed by atoms with E-state index in [1.54, 1.807) is 30.5 Å². The number of amides is 1. The summed E-state index contributed by atoms with van der Waals surface area (Å²) >= 11 is 5.94. The third-order valence-electron chi connectivity index (χ3n) is 3.01. The number of hydrazone groups is 1. The molecule has 2 aromatic carbocycles. The third kappa shape index (κ3) is 5.30. The van der Waals surface area contributed by atoms with Crippen LogP contribution in [0.5, 0.6) is 5.75 Å². The first-order chi connectivity index (χ1) is 11.1. The highest BCUT2D eigenvalue weighted by atomic mass is 35.5. The maximum Gasteiger partial charge on any atom is 0.277 e. The predicted molar refractivity (Wildman–Crippen MR) is 93.5 cm³/mol. The summed E-state index contributed by atoms with van der Waals surface area (Å²) in [6.45, 7) is -0.152. The SMILES string of the molecule is CN(C)c1ccc(/C=N\NC(=O)COc2ccccc2Cl)cc1. The van der Waals surface area contributed by atoms with Crippen LogP contribution in [0.3, 0.4) is 0 Å². The van der Waals surface area contributed by atoms with E-state index in [4.69, 9.17) is 16.3 Å². The van der Waals surface area contributed by atoms with E-state index in [1.807, 2.05) is 43.3 Å². The fourth-order valence-corrected chi connectivity index (χ4v) is 1.96. The minimum Gasteiger partial charge on any atom is -0.482 e. The normalized spacial score (nSPS) is 10.6. The van der Waals surface area contributed by atoms with Crippen molar-refractivity contribution in [3.05, 3.63) is 59.1 Å². The number of halogens is 1. The number of rotatable bonds is 6. The van der Waals surface area contributed by atoms with Crippen molar-refractivity contribution in [3.63, 3.8) is 0 Å². The van der Waals surface area contributed by atoms with Crippen molar-refractivity contribution in [1.29, 1.82) is 0 Å². The number of ether oxygens (including phenoxy) is 1. The van der Waals surface area contributed by atoms with Gasteiger partial charge in [-0.2, -0.15) is 5.10 Å². The van der Waals surface area contributed by atoms with Crippen LogP contribution in [0.15, 0.2) is 53.6 Å². The van der Waals surface area contributed by atoms with Gasteiger partial charge in [-0.3, -0.25) is 4.79 Å². The Hall–Kier alpha value is -2.53. The summed E-state index contributed by atoms with van der Waals surface area (Å²) in [6, 6.07) is 14.8. The lowest BCUT2D eigenvalue weighted by molar-refractivity contribution is -0.123. The maximum atomic E-state index is 11.7. The van der Waals surface area contributed by atoms with E-state index in [1.165, 1.54) is 0 Å². The van der Waals surface area contributed by atoms with Crippen LogP contribution in [0.2, 0.25) is 5.02 Å². The summed E-state index contributed by atoms with van der Waals surface area (Å²) in [4.78, 5) is 13.7. The second-order valence-corrected chi connectivity index (χ2v) is 5.41. The molecule has 0 atom stereocenters. The van der Waals surface area contributed by atoms with Crippen LogP contribution in [0, 0.1) is 0 Å². The van der Waals surface area contributed by atoms with Crippen molar-refractivity contribution in [2.24, 2.45) is 5.10 Å². The van der Waals surface area contributed by atoms with Crippen molar-refractivity contribution in [3.8, 4) is 5.75 Å². The highest BCUT2D eigenvalue weighted by Gasteiger charge is 2.04. The zero-order valence-electron chi connectivity index (χ0n) is 13.0. The highest BCUT2D eigenvalue weighted by Crippen LogP contribution is 2.22. The Morgan fingerprint density at radius 2 is 1.91 bits per heavy atom. The molecule has 0 spiro atoms. The first-order valence-electron chi connectivity index (χ1n) is 7.03. The average molecular weight is 332 g/mol. The van der Waals surface area contributed by atoms with Gasteiger partial charge in [0.2, 0.25) is 0 Å². The summed E-state index contributed by atoms with van der Waals surface area (Å²) in [6.07, 6.45) is 1.58. The van der Waals surface area contributed by atoms with Crippen LogP contribution in [-0.4, -0.2) is 32.8 Å². The van der Waals surface area contributed by atoms with Gasteiger partial charge in [0.25, 0.3) is 5.91 Å². The zero-order valence-corrected chi connectivity index (χ0v) is 13.7. The fourth-order valence-electron chi connectivity index (χ4n) is 1.77. The fraction of sp³-hybridized carbons (Fsp3) is 0.176. The standard InChI is InChI=1S/C17H18ClN3O2/c1-21(2)14-9-7-13(8-10-14)11-19-20-17(22)12-23-16-6-4-3-5-15(16)18/h3-11H,12H2,1-2H3,(H,20,22)/b19-11-. The molecule has 1 amide bonds. The number of para-hydroxylation sites is 1. The minimum absolute atomic E-state index is 0.152. The smallest absolute Gasteiger partial charge is 0.277 e. The monoisotopic (exact) mass is 331 g/mol. The molecular weight excluding hydrogens is 314 g/mol. The van der Waals surface area contributed by atoms with E-state index in [0.717, 1.165) is 11.3 Å². The Kier molecular flexibility index (Phi) is 6.00. The van der Waals surface area contributed by atoms with E-state index >= 15 is 0 Å². The molecule has 2 aromatic rings. The van der Waals surface area contributed by atoms with Crippen LogP contribution < -0.4 is 15.1 Å². The highest BCUT2D eigenvalue weighted by molar-refractivity contribution is 6.32. The number of nitrogens with zero attached hydrogens (tertiary/aromatic N) is 2. The number of hydrogen-bond donors (Lipinski definition) is 1. The molecule has 5 nitrogen and oxygen atoms in total. The van der Waals surface area contributed by atoms with Crippen molar-refractivity contribution in [2.75, 3.05) is 25.6 Å². The molecule has 2 rings (SSSR count). The molecule has 120 valence electrons. The number of carbonyl (C=O) groups excluding carboxylic acids is 1. The second kappa shape index (κ2) is 8.19. The Bertz CT molecular complexity index is 684. The van der Waals surface area contributed by atoms with E-state index < -0.39 is 0 Å². The Morgan fingerprint density at radius 1 is 1.22 bits per heavy atom. The van der Waals surface area contributed by atoms with Gasteiger partial charge in [0.1, 0.15) is 5.75 Å². The van der Waals surface area contributed by atoms with Crippen molar-refractivity contribution >= 4 is 29.4 Å². The Labute approximate surface area is 140 Å². The molecule has 0 unspecified atom stereocenters. The van der Waals surface area contributed by atoms with Crippen molar-refractivity contribution in [2.45, 2.75) is 0 Å². The minimum atomic E-state index is -0.355. The number of nitrogens with one attached hydrogen (secondary N) is 1. The number of hydrogen-bond acceptors (Lipinski definition) is 4. The van der Waals surface area contributed by atoms with Gasteiger partial charge < -0.3 is 9.64 Å². The van der Waals surface area contributed by atoms with E-state index in [9.17, 15) is 4.79 Å². The Morgan fingerprint density at radius 3 is 2.57 bits per heavy atom. The van der Waals surface area contributed by atoms with Gasteiger partial charge in [0.15, 0.2) is 6.61 Å². The van der Waals surface area contributed by atoms with E-state index in [0.29, 0.717) is 10.8 Å². The van der Waals surface area contributed by atoms with Gasteiger partial charge in [0, 0.05) is 19.8 Å². The molecular formula is C17H18ClN3O2. The summed E-state index contributed by atoms with van der Waals surface area (Å²) < 4.78 is 5.32. The van der Waals surface area contributed by atoms with Crippen molar-refractivity contribution < 1.29 is 9.53 Å². The molecule has 0 saturated carbocycles. The van der Waals surface area contributed by atoms with Crippen LogP contribution in [-0.2, 0) is 4.79 Å². The lowest BCUT2D eigenvalue weighted by atomic mass is 10.2. The number of benzene rings is 2. The third-order valence-corrected chi connectivity index (χ3v) is 3.32. The maximum absolute atomic E-state index is 11.7. The van der Waals surface area contributed by atoms with Gasteiger partial charge in [0.05, 0.1) is 11.2 Å². The average Bonchev–Trinajstić information content (AvgIpc) is 2.54. The van der Waals surface area contributed by atoms with E-state index in [2.05, 4.69) is 10.5 Å². The van der Waals surface area contributed by atoms with Crippen molar-refractivity contribution in [1.82, 2.24) is 5.43 Å².